The average Bonchev–Trinajstić information content (AvgIpc) is 2.18. The molecule has 0 radical (unpaired) electrons. The van der Waals surface area contributed by atoms with E-state index in [4.69, 9.17) is 19.6 Å². The van der Waals surface area contributed by atoms with E-state index in [2.05, 4.69) is 0 Å². The Hall–Kier alpha value is -1.44. The van der Waals surface area contributed by atoms with Gasteiger partial charge in [0, 0.05) is 0 Å². The van der Waals surface area contributed by atoms with Gasteiger partial charge in [0.15, 0.2) is 0 Å². The maximum absolute atomic E-state index is 10.5. The average molecular weight is 248 g/mol. The van der Waals surface area contributed by atoms with Gasteiger partial charge in [-0.05, 0) is 19.1 Å². The van der Waals surface area contributed by atoms with Gasteiger partial charge in [0.05, 0.1) is 4.90 Å². The molecule has 0 saturated heterocycles. The van der Waals surface area contributed by atoms with Gasteiger partial charge in [0.2, 0.25) is 0 Å². The monoisotopic (exact) mass is 248 g/mol. The first-order valence-electron chi connectivity index (χ1n) is 4.14. The number of benzene rings is 1. The number of aryl methyl sites for hydroxylation is 1. The van der Waals surface area contributed by atoms with Crippen molar-refractivity contribution in [3.8, 4) is 0 Å². The molecule has 0 aliphatic carbocycles. The third kappa shape index (κ3) is 6.12. The van der Waals surface area contributed by atoms with Gasteiger partial charge in [-0.3, -0.25) is 4.55 Å². The topological polar surface area (TPSA) is 112 Å². The minimum Gasteiger partial charge on any atom is -0.480 e. The largest absolute Gasteiger partial charge is 0.480 e. The Balaban J connectivity index is 0.000000385. The Morgan fingerprint density at radius 3 is 1.88 bits per heavy atom. The van der Waals surface area contributed by atoms with Crippen molar-refractivity contribution in [1.29, 1.82) is 0 Å². The first-order valence-corrected chi connectivity index (χ1v) is 5.58. The third-order valence-corrected chi connectivity index (χ3v) is 2.32. The molecule has 0 heterocycles. The van der Waals surface area contributed by atoms with E-state index >= 15 is 0 Å². The van der Waals surface area contributed by atoms with Crippen LogP contribution in [0.25, 0.3) is 0 Å². The molecule has 3 N–H and O–H groups in total. The van der Waals surface area contributed by atoms with Crippen LogP contribution in [-0.4, -0.2) is 35.8 Å². The SMILES string of the molecule is Cc1ccc(S(=O)(=O)O)cc1.O=C(O)CO. The summed E-state index contributed by atoms with van der Waals surface area (Å²) in [5.41, 5.74) is 0.956. The molecule has 0 aliphatic rings. The van der Waals surface area contributed by atoms with Crippen molar-refractivity contribution in [2.75, 3.05) is 6.61 Å². The molecule has 1 aromatic carbocycles. The summed E-state index contributed by atoms with van der Waals surface area (Å²) in [6, 6.07) is 5.99. The number of hydrogen-bond donors (Lipinski definition) is 3. The minimum absolute atomic E-state index is 0.0666. The van der Waals surface area contributed by atoms with Crippen LogP contribution in [0.1, 0.15) is 5.56 Å². The van der Waals surface area contributed by atoms with E-state index < -0.39 is 22.7 Å². The van der Waals surface area contributed by atoms with Gasteiger partial charge < -0.3 is 10.2 Å². The molecule has 0 saturated carbocycles. The Morgan fingerprint density at radius 1 is 1.25 bits per heavy atom. The maximum atomic E-state index is 10.5. The van der Waals surface area contributed by atoms with Crippen LogP contribution in [0.5, 0.6) is 0 Å². The van der Waals surface area contributed by atoms with Crippen molar-refractivity contribution >= 4 is 16.1 Å². The van der Waals surface area contributed by atoms with Crippen LogP contribution in [0, 0.1) is 6.92 Å². The fourth-order valence-electron chi connectivity index (χ4n) is 0.710. The molecular weight excluding hydrogens is 236 g/mol. The molecule has 90 valence electrons. The second-order valence-corrected chi connectivity index (χ2v) is 4.26. The molecular formula is C9H12O6S. The lowest BCUT2D eigenvalue weighted by molar-refractivity contribution is -0.140. The number of hydrogen-bond acceptors (Lipinski definition) is 4. The van der Waals surface area contributed by atoms with Gasteiger partial charge in [0.25, 0.3) is 10.1 Å². The summed E-state index contributed by atoms with van der Waals surface area (Å²) in [6.45, 7) is 1.06. The molecule has 0 spiro atoms. The lowest BCUT2D eigenvalue weighted by Gasteiger charge is -1.95. The molecule has 6 nitrogen and oxygen atoms in total. The van der Waals surface area contributed by atoms with Gasteiger partial charge in [-0.15, -0.1) is 0 Å². The minimum atomic E-state index is -4.02. The second kappa shape index (κ2) is 6.21. The molecule has 0 amide bonds. The van der Waals surface area contributed by atoms with Crippen molar-refractivity contribution in [3.63, 3.8) is 0 Å². The standard InChI is InChI=1S/C7H8O3S.C2H4O3/c1-6-2-4-7(5-3-6)11(8,9)10;3-1-2(4)5/h2-5H,1H3,(H,8,9,10);3H,1H2,(H,4,5). The number of aliphatic carboxylic acids is 1. The van der Waals surface area contributed by atoms with Crippen LogP contribution < -0.4 is 0 Å². The number of aliphatic hydroxyl groups excluding tert-OH is 1. The van der Waals surface area contributed by atoms with Gasteiger partial charge in [0.1, 0.15) is 6.61 Å². The number of aliphatic hydroxyl groups is 1. The molecule has 16 heavy (non-hydrogen) atoms. The van der Waals surface area contributed by atoms with Gasteiger partial charge >= 0.3 is 5.97 Å². The van der Waals surface area contributed by atoms with Crippen LogP contribution in [0.2, 0.25) is 0 Å². The molecule has 0 fully saturated rings. The Labute approximate surface area is 92.9 Å². The Kier molecular flexibility index (Phi) is 5.65. The second-order valence-electron chi connectivity index (χ2n) is 2.84. The zero-order valence-electron chi connectivity index (χ0n) is 8.49. The predicted molar refractivity (Wildman–Crippen MR) is 55.7 cm³/mol. The van der Waals surface area contributed by atoms with Crippen molar-refractivity contribution in [3.05, 3.63) is 29.8 Å². The molecule has 0 aromatic heterocycles. The quantitative estimate of drug-likeness (QED) is 0.649. The molecule has 1 aromatic rings. The van der Waals surface area contributed by atoms with Gasteiger partial charge in [-0.2, -0.15) is 8.42 Å². The number of carboxylic acids is 1. The van der Waals surface area contributed by atoms with Crippen LogP contribution in [0.4, 0.5) is 0 Å². The van der Waals surface area contributed by atoms with E-state index in [0.717, 1.165) is 5.56 Å². The molecule has 0 unspecified atom stereocenters. The highest BCUT2D eigenvalue weighted by molar-refractivity contribution is 7.85. The van der Waals surface area contributed by atoms with Crippen LogP contribution >= 0.6 is 0 Å². The van der Waals surface area contributed by atoms with Crippen LogP contribution in [-0.2, 0) is 14.9 Å². The summed E-state index contributed by atoms with van der Waals surface area (Å²) >= 11 is 0. The fraction of sp³-hybridized carbons (Fsp3) is 0.222. The van der Waals surface area contributed by atoms with Gasteiger partial charge in [-0.25, -0.2) is 4.79 Å². The van der Waals surface area contributed by atoms with Crippen molar-refractivity contribution in [1.82, 2.24) is 0 Å². The van der Waals surface area contributed by atoms with Crippen molar-refractivity contribution in [2.24, 2.45) is 0 Å². The molecule has 1 rings (SSSR count). The lowest BCUT2D eigenvalue weighted by Crippen LogP contribution is -1.98. The highest BCUT2D eigenvalue weighted by Crippen LogP contribution is 2.08. The van der Waals surface area contributed by atoms with Crippen molar-refractivity contribution < 1.29 is 28.0 Å². The lowest BCUT2D eigenvalue weighted by atomic mass is 10.2. The highest BCUT2D eigenvalue weighted by atomic mass is 32.2. The molecule has 0 aliphatic heterocycles. The van der Waals surface area contributed by atoms with Crippen molar-refractivity contribution in [2.45, 2.75) is 11.8 Å². The third-order valence-electron chi connectivity index (χ3n) is 1.45. The number of carbonyl (C=O) groups is 1. The summed E-state index contributed by atoms with van der Waals surface area (Å²) < 4.78 is 29.6. The molecule has 0 bridgehead atoms. The summed E-state index contributed by atoms with van der Waals surface area (Å²) in [7, 11) is -4.02. The first-order chi connectivity index (χ1) is 7.27. The summed E-state index contributed by atoms with van der Waals surface area (Å²) in [6.07, 6.45) is 0. The van der Waals surface area contributed by atoms with E-state index in [-0.39, 0.29) is 4.90 Å². The van der Waals surface area contributed by atoms with E-state index in [9.17, 15) is 8.42 Å². The van der Waals surface area contributed by atoms with E-state index in [0.29, 0.717) is 0 Å². The van der Waals surface area contributed by atoms with Crippen LogP contribution in [0.15, 0.2) is 29.2 Å². The molecule has 0 atom stereocenters. The fourth-order valence-corrected chi connectivity index (χ4v) is 1.19. The summed E-state index contributed by atoms with van der Waals surface area (Å²) in [5, 5.41) is 15.0. The first kappa shape index (κ1) is 14.6. The number of rotatable bonds is 2. The van der Waals surface area contributed by atoms with Gasteiger partial charge in [-0.1, -0.05) is 17.7 Å². The van der Waals surface area contributed by atoms with E-state index in [1.807, 2.05) is 6.92 Å². The Bertz CT molecular complexity index is 434. The van der Waals surface area contributed by atoms with E-state index in [1.54, 1.807) is 12.1 Å². The summed E-state index contributed by atoms with van der Waals surface area (Å²) in [4.78, 5) is 9.05. The Morgan fingerprint density at radius 2 is 1.62 bits per heavy atom. The normalized spacial score (nSPS) is 10.2. The smallest absolute Gasteiger partial charge is 0.329 e. The van der Waals surface area contributed by atoms with E-state index in [1.165, 1.54) is 12.1 Å². The highest BCUT2D eigenvalue weighted by Gasteiger charge is 2.06. The zero-order valence-corrected chi connectivity index (χ0v) is 9.31. The zero-order chi connectivity index (χ0) is 12.8. The maximum Gasteiger partial charge on any atom is 0.329 e. The number of carboxylic acid groups (broad SMARTS) is 1. The predicted octanol–water partition coefficient (Wildman–Crippen LogP) is 0.305. The molecule has 7 heteroatoms. The summed E-state index contributed by atoms with van der Waals surface area (Å²) in [5.74, 6) is -1.19. The van der Waals surface area contributed by atoms with Crippen LogP contribution in [0.3, 0.4) is 0 Å².